The van der Waals surface area contributed by atoms with Gasteiger partial charge in [0, 0.05) is 18.1 Å². The van der Waals surface area contributed by atoms with Crippen molar-refractivity contribution in [1.29, 1.82) is 0 Å². The number of hydrogen-bond acceptors (Lipinski definition) is 2. The lowest BCUT2D eigenvalue weighted by Gasteiger charge is -2.36. The zero-order valence-corrected chi connectivity index (χ0v) is 10.3. The molecule has 0 aromatic heterocycles. The molecule has 1 aliphatic rings. The van der Waals surface area contributed by atoms with Gasteiger partial charge in [-0.1, -0.05) is 13.8 Å². The molecule has 2 heteroatoms. The van der Waals surface area contributed by atoms with Crippen molar-refractivity contribution in [2.75, 3.05) is 19.6 Å². The molecule has 2 nitrogen and oxygen atoms in total. The highest BCUT2D eigenvalue weighted by Crippen LogP contribution is 2.24. The van der Waals surface area contributed by atoms with Gasteiger partial charge >= 0.3 is 0 Å². The van der Waals surface area contributed by atoms with Crippen LogP contribution in [-0.2, 0) is 0 Å². The molecule has 1 unspecified atom stereocenters. The van der Waals surface area contributed by atoms with Crippen molar-refractivity contribution in [3.05, 3.63) is 0 Å². The van der Waals surface area contributed by atoms with E-state index in [0.29, 0.717) is 11.6 Å². The van der Waals surface area contributed by atoms with E-state index < -0.39 is 0 Å². The molecule has 0 bridgehead atoms. The molecular weight excluding hydrogens is 172 g/mol. The first-order valence-electron chi connectivity index (χ1n) is 6.12. The summed E-state index contributed by atoms with van der Waals surface area (Å²) in [4.78, 5) is 2.57. The molecule has 1 N–H and O–H groups in total. The van der Waals surface area contributed by atoms with E-state index in [2.05, 4.69) is 37.9 Å². The molecule has 0 aromatic rings. The second kappa shape index (κ2) is 5.13. The number of nitrogens with one attached hydrogen (secondary N) is 1. The Labute approximate surface area is 89.1 Å². The lowest BCUT2D eigenvalue weighted by Crippen LogP contribution is -2.51. The van der Waals surface area contributed by atoms with E-state index in [1.54, 1.807) is 0 Å². The van der Waals surface area contributed by atoms with Gasteiger partial charge in [0.25, 0.3) is 0 Å². The Hall–Kier alpha value is -0.0800. The van der Waals surface area contributed by atoms with Gasteiger partial charge in [0.1, 0.15) is 0 Å². The van der Waals surface area contributed by atoms with Crippen LogP contribution in [0.5, 0.6) is 0 Å². The summed E-state index contributed by atoms with van der Waals surface area (Å²) in [6, 6.07) is 0.672. The summed E-state index contributed by atoms with van der Waals surface area (Å²) < 4.78 is 0. The summed E-state index contributed by atoms with van der Waals surface area (Å²) in [6.45, 7) is 12.8. The zero-order chi connectivity index (χ0) is 10.6. The van der Waals surface area contributed by atoms with Crippen LogP contribution in [0.25, 0.3) is 0 Å². The predicted molar refractivity (Wildman–Crippen MR) is 62.6 cm³/mol. The Kier molecular flexibility index (Phi) is 4.39. The Morgan fingerprint density at radius 2 is 2.07 bits per heavy atom. The van der Waals surface area contributed by atoms with Gasteiger partial charge < -0.3 is 5.32 Å². The minimum Gasteiger partial charge on any atom is -0.310 e. The fourth-order valence-electron chi connectivity index (χ4n) is 2.47. The van der Waals surface area contributed by atoms with Crippen LogP contribution in [-0.4, -0.2) is 36.1 Å². The van der Waals surface area contributed by atoms with Crippen LogP contribution in [0.1, 0.15) is 47.0 Å². The van der Waals surface area contributed by atoms with Crippen molar-refractivity contribution in [3.8, 4) is 0 Å². The number of likely N-dealkylation sites (N-methyl/N-ethyl adjacent to an activating group) is 1. The highest BCUT2D eigenvalue weighted by Gasteiger charge is 2.33. The molecule has 1 heterocycles. The van der Waals surface area contributed by atoms with Gasteiger partial charge in [0.15, 0.2) is 0 Å². The molecule has 1 atom stereocenters. The second-order valence-electron chi connectivity index (χ2n) is 4.82. The summed E-state index contributed by atoms with van der Waals surface area (Å²) in [5, 5.41) is 3.70. The van der Waals surface area contributed by atoms with Crippen LogP contribution >= 0.6 is 0 Å². The van der Waals surface area contributed by atoms with Crippen LogP contribution in [0.2, 0.25) is 0 Å². The molecule has 0 radical (unpaired) electrons. The summed E-state index contributed by atoms with van der Waals surface area (Å²) in [6.07, 6.45) is 3.96. The van der Waals surface area contributed by atoms with E-state index in [9.17, 15) is 0 Å². The summed E-state index contributed by atoms with van der Waals surface area (Å²) in [5.41, 5.74) is 0.417. The van der Waals surface area contributed by atoms with Crippen LogP contribution in [0.15, 0.2) is 0 Å². The molecule has 14 heavy (non-hydrogen) atoms. The molecule has 1 saturated heterocycles. The van der Waals surface area contributed by atoms with E-state index in [-0.39, 0.29) is 0 Å². The van der Waals surface area contributed by atoms with Crippen molar-refractivity contribution in [3.63, 3.8) is 0 Å². The lowest BCUT2D eigenvalue weighted by molar-refractivity contribution is 0.161. The SMILES string of the molecule is CCN(CC1(CC)CCCN1)C(C)C. The molecule has 1 aliphatic heterocycles. The second-order valence-corrected chi connectivity index (χ2v) is 4.82. The topological polar surface area (TPSA) is 15.3 Å². The predicted octanol–water partition coefficient (Wildman–Crippen LogP) is 2.25. The average molecular weight is 198 g/mol. The van der Waals surface area contributed by atoms with Crippen molar-refractivity contribution < 1.29 is 0 Å². The summed E-state index contributed by atoms with van der Waals surface area (Å²) in [7, 11) is 0. The molecule has 0 aliphatic carbocycles. The van der Waals surface area contributed by atoms with Gasteiger partial charge in [-0.25, -0.2) is 0 Å². The maximum Gasteiger partial charge on any atom is 0.0306 e. The van der Waals surface area contributed by atoms with Crippen molar-refractivity contribution >= 4 is 0 Å². The van der Waals surface area contributed by atoms with E-state index in [4.69, 9.17) is 0 Å². The maximum atomic E-state index is 3.70. The summed E-state index contributed by atoms with van der Waals surface area (Å²) in [5.74, 6) is 0. The van der Waals surface area contributed by atoms with Gasteiger partial charge in [0.2, 0.25) is 0 Å². The Morgan fingerprint density at radius 1 is 1.36 bits per heavy atom. The third kappa shape index (κ3) is 2.71. The molecule has 84 valence electrons. The largest absolute Gasteiger partial charge is 0.310 e. The first kappa shape index (κ1) is 12.0. The molecule has 0 amide bonds. The molecule has 0 saturated carbocycles. The van der Waals surface area contributed by atoms with Gasteiger partial charge in [-0.05, 0) is 46.2 Å². The highest BCUT2D eigenvalue weighted by molar-refractivity contribution is 4.94. The quantitative estimate of drug-likeness (QED) is 0.729. The van der Waals surface area contributed by atoms with Crippen molar-refractivity contribution in [1.82, 2.24) is 10.2 Å². The zero-order valence-electron chi connectivity index (χ0n) is 10.3. The normalized spacial score (nSPS) is 27.9. The molecule has 0 spiro atoms. The van der Waals surface area contributed by atoms with E-state index in [0.717, 1.165) is 0 Å². The lowest BCUT2D eigenvalue weighted by atomic mass is 9.93. The van der Waals surface area contributed by atoms with Crippen molar-refractivity contribution in [2.45, 2.75) is 58.5 Å². The number of hydrogen-bond donors (Lipinski definition) is 1. The van der Waals surface area contributed by atoms with Gasteiger partial charge in [0.05, 0.1) is 0 Å². The Morgan fingerprint density at radius 3 is 2.43 bits per heavy atom. The monoisotopic (exact) mass is 198 g/mol. The first-order chi connectivity index (χ1) is 6.63. The average Bonchev–Trinajstić information content (AvgIpc) is 2.63. The smallest absolute Gasteiger partial charge is 0.0306 e. The van der Waals surface area contributed by atoms with E-state index in [1.165, 1.54) is 38.9 Å². The fraction of sp³-hybridized carbons (Fsp3) is 1.00. The van der Waals surface area contributed by atoms with Crippen LogP contribution in [0.4, 0.5) is 0 Å². The van der Waals surface area contributed by atoms with E-state index >= 15 is 0 Å². The third-order valence-electron chi connectivity index (χ3n) is 3.65. The van der Waals surface area contributed by atoms with Crippen molar-refractivity contribution in [2.24, 2.45) is 0 Å². The van der Waals surface area contributed by atoms with E-state index in [1.807, 2.05) is 0 Å². The maximum absolute atomic E-state index is 3.70. The highest BCUT2D eigenvalue weighted by atomic mass is 15.2. The summed E-state index contributed by atoms with van der Waals surface area (Å²) >= 11 is 0. The minimum absolute atomic E-state index is 0.417. The molecule has 1 rings (SSSR count). The number of rotatable bonds is 5. The molecule has 1 fully saturated rings. The standard InChI is InChI=1S/C12H26N2/c1-5-12(8-7-9-13-12)10-14(6-2)11(3)4/h11,13H,5-10H2,1-4H3. The van der Waals surface area contributed by atoms with Crippen LogP contribution < -0.4 is 5.32 Å². The Bertz CT molecular complexity index is 160. The minimum atomic E-state index is 0.417. The van der Waals surface area contributed by atoms with Gasteiger partial charge in [-0.15, -0.1) is 0 Å². The van der Waals surface area contributed by atoms with Gasteiger partial charge in [-0.2, -0.15) is 0 Å². The fourth-order valence-corrected chi connectivity index (χ4v) is 2.47. The number of nitrogens with zero attached hydrogens (tertiary/aromatic N) is 1. The molecular formula is C12H26N2. The first-order valence-corrected chi connectivity index (χ1v) is 6.12. The third-order valence-corrected chi connectivity index (χ3v) is 3.65. The van der Waals surface area contributed by atoms with Crippen LogP contribution in [0, 0.1) is 0 Å². The van der Waals surface area contributed by atoms with Gasteiger partial charge in [-0.3, -0.25) is 4.90 Å². The Balaban J connectivity index is 2.53. The molecule has 0 aromatic carbocycles. The van der Waals surface area contributed by atoms with Crippen LogP contribution in [0.3, 0.4) is 0 Å².